The zero-order valence-electron chi connectivity index (χ0n) is 6.12. The molecule has 0 N–H and O–H groups in total. The lowest BCUT2D eigenvalue weighted by Crippen LogP contribution is -1.74. The Balaban J connectivity index is 0.000000120. The summed E-state index contributed by atoms with van der Waals surface area (Å²) >= 11 is 0. The molecule has 5 nitrogen and oxygen atoms in total. The maximum Gasteiger partial charge on any atom is 0.200 e. The van der Waals surface area contributed by atoms with Crippen LogP contribution in [-0.4, -0.2) is 24.9 Å². The molecule has 12 heavy (non-hydrogen) atoms. The first-order valence-electron chi connectivity index (χ1n) is 3.10. The molecule has 0 atom stereocenters. The van der Waals surface area contributed by atoms with Gasteiger partial charge in [-0.15, -0.1) is 0 Å². The highest BCUT2D eigenvalue weighted by atomic mass is 14.9. The van der Waals surface area contributed by atoms with Gasteiger partial charge in [-0.1, -0.05) is 0 Å². The van der Waals surface area contributed by atoms with E-state index in [0.717, 1.165) is 0 Å². The van der Waals surface area contributed by atoms with Gasteiger partial charge >= 0.3 is 0 Å². The quantitative estimate of drug-likeness (QED) is 0.539. The van der Waals surface area contributed by atoms with Crippen molar-refractivity contribution in [1.82, 2.24) is 24.9 Å². The minimum Gasteiger partial charge on any atom is -0.261 e. The van der Waals surface area contributed by atoms with Crippen molar-refractivity contribution in [2.75, 3.05) is 0 Å². The lowest BCUT2D eigenvalue weighted by molar-refractivity contribution is 1.03. The third kappa shape index (κ3) is 3.99. The van der Waals surface area contributed by atoms with E-state index in [0.29, 0.717) is 0 Å². The Hall–Kier alpha value is -1.91. The standard InChI is InChI=1S/C4H3N2.C3H2N3/c1-2-6-4-3-5-1;1-4-2-6-3-5-1/h1-3H;1-2H. The van der Waals surface area contributed by atoms with E-state index < -0.39 is 0 Å². The van der Waals surface area contributed by atoms with Gasteiger partial charge in [-0.3, -0.25) is 9.97 Å². The van der Waals surface area contributed by atoms with Gasteiger partial charge in [-0.25, -0.2) is 15.0 Å². The zero-order chi connectivity index (χ0) is 8.49. The number of rotatable bonds is 0. The van der Waals surface area contributed by atoms with Crippen molar-refractivity contribution in [2.45, 2.75) is 0 Å². The summed E-state index contributed by atoms with van der Waals surface area (Å²) in [4.78, 5) is 17.7. The first-order chi connectivity index (χ1) is 6.00. The third-order valence-corrected chi connectivity index (χ3v) is 0.798. The Bertz CT molecular complexity index is 187. The summed E-state index contributed by atoms with van der Waals surface area (Å²) in [5.74, 6) is 0. The lowest BCUT2D eigenvalue weighted by Gasteiger charge is -1.68. The van der Waals surface area contributed by atoms with Crippen LogP contribution in [0.4, 0.5) is 0 Å². The smallest absolute Gasteiger partial charge is 0.200 e. The average Bonchev–Trinajstić information content (AvgIpc) is 2.24. The second-order valence-electron chi connectivity index (χ2n) is 1.57. The summed E-state index contributed by atoms with van der Waals surface area (Å²) in [6.45, 7) is 0. The predicted octanol–water partition coefficient (Wildman–Crippen LogP) is -0.0514. The van der Waals surface area contributed by atoms with Crippen LogP contribution in [0.25, 0.3) is 0 Å². The van der Waals surface area contributed by atoms with Gasteiger partial charge in [-0.05, 0) is 0 Å². The summed E-state index contributed by atoms with van der Waals surface area (Å²) < 4.78 is 0. The molecule has 0 saturated carbocycles. The molecule has 0 fully saturated rings. The van der Waals surface area contributed by atoms with Crippen molar-refractivity contribution < 1.29 is 0 Å². The fourth-order valence-corrected chi connectivity index (χ4v) is 0.406. The zero-order valence-corrected chi connectivity index (χ0v) is 6.12. The van der Waals surface area contributed by atoms with Crippen molar-refractivity contribution in [3.8, 4) is 0 Å². The van der Waals surface area contributed by atoms with Crippen LogP contribution in [-0.2, 0) is 0 Å². The van der Waals surface area contributed by atoms with Crippen molar-refractivity contribution in [1.29, 1.82) is 0 Å². The van der Waals surface area contributed by atoms with E-state index in [-0.39, 0.29) is 0 Å². The molecule has 2 rings (SSSR count). The Kier molecular flexibility index (Phi) is 3.99. The summed E-state index contributed by atoms with van der Waals surface area (Å²) in [6.07, 6.45) is 12.3. The van der Waals surface area contributed by atoms with E-state index in [1.807, 2.05) is 0 Å². The van der Waals surface area contributed by atoms with E-state index in [1.165, 1.54) is 18.9 Å². The van der Waals surface area contributed by atoms with Crippen LogP contribution >= 0.6 is 0 Å². The lowest BCUT2D eigenvalue weighted by atomic mass is 10.8. The predicted molar refractivity (Wildman–Crippen MR) is 39.5 cm³/mol. The van der Waals surface area contributed by atoms with Gasteiger partial charge in [0.25, 0.3) is 0 Å². The SMILES string of the molecule is [c]1cnccn1.[c]1ncncn1. The van der Waals surface area contributed by atoms with E-state index in [4.69, 9.17) is 0 Å². The van der Waals surface area contributed by atoms with E-state index in [1.54, 1.807) is 12.4 Å². The molecule has 0 spiro atoms. The minimum absolute atomic E-state index is 1.38. The second kappa shape index (κ2) is 5.84. The van der Waals surface area contributed by atoms with Crippen LogP contribution < -0.4 is 0 Å². The highest BCUT2D eigenvalue weighted by Crippen LogP contribution is 1.64. The Morgan fingerprint density at radius 2 is 1.67 bits per heavy atom. The van der Waals surface area contributed by atoms with Crippen LogP contribution in [0.15, 0.2) is 31.2 Å². The number of aromatic nitrogens is 5. The van der Waals surface area contributed by atoms with Gasteiger partial charge in [0.1, 0.15) is 18.9 Å². The maximum atomic E-state index is 3.67. The van der Waals surface area contributed by atoms with Gasteiger partial charge in [0.05, 0.1) is 6.20 Å². The molecule has 0 aliphatic carbocycles. The maximum absolute atomic E-state index is 3.67. The molecule has 0 bridgehead atoms. The van der Waals surface area contributed by atoms with Gasteiger partial charge in [0, 0.05) is 12.4 Å². The van der Waals surface area contributed by atoms with Crippen LogP contribution in [0.1, 0.15) is 0 Å². The first kappa shape index (κ1) is 8.19. The largest absolute Gasteiger partial charge is 0.261 e. The molecule has 58 valence electrons. The molecule has 2 aromatic rings. The molecule has 0 saturated heterocycles. The summed E-state index contributed by atoms with van der Waals surface area (Å²) in [6, 6.07) is 0. The number of nitrogens with zero attached hydrogens (tertiary/aromatic N) is 5. The molecule has 0 aliphatic heterocycles. The topological polar surface area (TPSA) is 64.5 Å². The molecule has 5 heteroatoms. The van der Waals surface area contributed by atoms with Gasteiger partial charge in [-0.2, -0.15) is 0 Å². The van der Waals surface area contributed by atoms with Crippen LogP contribution in [0.2, 0.25) is 0 Å². The molecule has 0 aliphatic rings. The monoisotopic (exact) mass is 159 g/mol. The van der Waals surface area contributed by atoms with Crippen molar-refractivity contribution in [2.24, 2.45) is 0 Å². The van der Waals surface area contributed by atoms with Crippen molar-refractivity contribution in [3.63, 3.8) is 0 Å². The molecule has 2 aromatic heterocycles. The molecule has 2 heterocycles. The third-order valence-electron chi connectivity index (χ3n) is 0.798. The average molecular weight is 159 g/mol. The van der Waals surface area contributed by atoms with Crippen LogP contribution in [0.3, 0.4) is 0 Å². The number of hydrogen-bond acceptors (Lipinski definition) is 5. The van der Waals surface area contributed by atoms with E-state index in [2.05, 4.69) is 37.4 Å². The molecule has 0 unspecified atom stereocenters. The normalized spacial score (nSPS) is 8.00. The summed E-state index contributed by atoms with van der Waals surface area (Å²) in [7, 11) is 0. The fraction of sp³-hybridized carbons (Fsp3) is 0. The van der Waals surface area contributed by atoms with Crippen molar-refractivity contribution >= 4 is 0 Å². The van der Waals surface area contributed by atoms with Crippen LogP contribution in [0, 0.1) is 12.5 Å². The molecule has 0 aromatic carbocycles. The molecular weight excluding hydrogens is 154 g/mol. The van der Waals surface area contributed by atoms with Gasteiger partial charge < -0.3 is 0 Å². The Morgan fingerprint density at radius 1 is 0.833 bits per heavy atom. The molecule has 0 amide bonds. The first-order valence-corrected chi connectivity index (χ1v) is 3.10. The number of hydrogen-bond donors (Lipinski definition) is 0. The molecule has 2 radical (unpaired) electrons. The minimum atomic E-state index is 1.38. The van der Waals surface area contributed by atoms with Crippen molar-refractivity contribution in [3.05, 3.63) is 43.8 Å². The van der Waals surface area contributed by atoms with E-state index in [9.17, 15) is 0 Å². The molecular formula is C7H5N5. The summed E-state index contributed by atoms with van der Waals surface area (Å²) in [5, 5.41) is 0. The second-order valence-corrected chi connectivity index (χ2v) is 1.57. The summed E-state index contributed by atoms with van der Waals surface area (Å²) in [5.41, 5.74) is 0. The highest BCUT2D eigenvalue weighted by Gasteiger charge is 1.61. The van der Waals surface area contributed by atoms with Gasteiger partial charge in [0.15, 0.2) is 0 Å². The fourth-order valence-electron chi connectivity index (χ4n) is 0.406. The Labute approximate surface area is 69.6 Å². The van der Waals surface area contributed by atoms with Crippen LogP contribution in [0.5, 0.6) is 0 Å². The van der Waals surface area contributed by atoms with Gasteiger partial charge in [0.2, 0.25) is 6.33 Å². The van der Waals surface area contributed by atoms with E-state index >= 15 is 0 Å². The Morgan fingerprint density at radius 3 is 1.83 bits per heavy atom. The highest BCUT2D eigenvalue weighted by molar-refractivity contribution is 4.68.